The van der Waals surface area contributed by atoms with Gasteiger partial charge in [-0.25, -0.2) is 4.98 Å². The van der Waals surface area contributed by atoms with Gasteiger partial charge in [0, 0.05) is 17.3 Å². The van der Waals surface area contributed by atoms with Crippen LogP contribution in [-0.2, 0) is 6.42 Å². The van der Waals surface area contributed by atoms with Crippen LogP contribution < -0.4 is 11.1 Å². The van der Waals surface area contributed by atoms with E-state index >= 15 is 0 Å². The van der Waals surface area contributed by atoms with Crippen LogP contribution in [0, 0.1) is 5.92 Å². The molecule has 0 amide bonds. The van der Waals surface area contributed by atoms with Gasteiger partial charge in [0.2, 0.25) is 5.95 Å². The topological polar surface area (TPSA) is 81.7 Å². The Morgan fingerprint density at radius 3 is 2.67 bits per heavy atom. The van der Waals surface area contributed by atoms with Gasteiger partial charge in [-0.1, -0.05) is 30.8 Å². The van der Waals surface area contributed by atoms with Crippen LogP contribution in [0.4, 0.5) is 24.8 Å². The Morgan fingerprint density at radius 2 is 2.00 bits per heavy atom. The summed E-state index contributed by atoms with van der Waals surface area (Å²) in [6.07, 6.45) is 5.25. The predicted octanol–water partition coefficient (Wildman–Crippen LogP) is 4.75. The zero-order valence-electron chi connectivity index (χ0n) is 16.5. The van der Waals surface area contributed by atoms with Gasteiger partial charge < -0.3 is 11.1 Å². The smallest absolute Gasteiger partial charge is 0.383 e. The van der Waals surface area contributed by atoms with E-state index in [1.165, 1.54) is 17.8 Å². The number of nitrogens with one attached hydrogen (secondary N) is 1. The Kier molecular flexibility index (Phi) is 5.35. The maximum absolute atomic E-state index is 12.8. The van der Waals surface area contributed by atoms with Gasteiger partial charge in [-0.05, 0) is 43.6 Å². The number of hydrogen-bond acceptors (Lipinski definition) is 6. The molecule has 1 unspecified atom stereocenters. The average Bonchev–Trinajstić information content (AvgIpc) is 3.05. The van der Waals surface area contributed by atoms with Gasteiger partial charge in [-0.15, -0.1) is 0 Å². The van der Waals surface area contributed by atoms with E-state index in [1.54, 1.807) is 6.07 Å². The van der Waals surface area contributed by atoms with Crippen molar-refractivity contribution in [1.29, 1.82) is 0 Å². The highest BCUT2D eigenvalue weighted by Crippen LogP contribution is 2.33. The Balaban J connectivity index is 1.68. The normalized spacial score (nSPS) is 18.6. The largest absolute Gasteiger partial charge is 0.412 e. The van der Waals surface area contributed by atoms with E-state index in [0.717, 1.165) is 29.0 Å². The van der Waals surface area contributed by atoms with Gasteiger partial charge in [0.25, 0.3) is 0 Å². The van der Waals surface area contributed by atoms with Gasteiger partial charge in [0.05, 0.1) is 11.4 Å². The molecule has 2 aliphatic carbocycles. The molecule has 2 heterocycles. The summed E-state index contributed by atoms with van der Waals surface area (Å²) in [7, 11) is 0. The molecule has 3 N–H and O–H groups in total. The van der Waals surface area contributed by atoms with E-state index in [-0.39, 0.29) is 18.7 Å². The number of nitrogen functional groups attached to an aromatic ring is 1. The highest BCUT2D eigenvalue weighted by Gasteiger charge is 2.33. The quantitative estimate of drug-likeness (QED) is 0.676. The lowest BCUT2D eigenvalue weighted by Crippen LogP contribution is -2.16. The van der Waals surface area contributed by atoms with Crippen LogP contribution in [0.1, 0.15) is 31.2 Å². The minimum Gasteiger partial charge on any atom is -0.383 e. The molecular weight excluding hydrogens is 413 g/mol. The molecule has 0 saturated carbocycles. The molecule has 0 bridgehead atoms. The second kappa shape index (κ2) is 7.82. The predicted molar refractivity (Wildman–Crippen MR) is 112 cm³/mol. The molecule has 10 heteroatoms. The van der Waals surface area contributed by atoms with Crippen LogP contribution in [0.3, 0.4) is 0 Å². The zero-order valence-corrected chi connectivity index (χ0v) is 17.3. The van der Waals surface area contributed by atoms with E-state index in [4.69, 9.17) is 5.73 Å². The molecular formula is C20H21F3N6S. The van der Waals surface area contributed by atoms with Crippen LogP contribution in [0.15, 0.2) is 40.7 Å². The summed E-state index contributed by atoms with van der Waals surface area (Å²) in [6.45, 7) is 2.13. The minimum absolute atomic E-state index is 0.0777. The number of nitrogens with two attached hydrogens (primary N) is 1. The van der Waals surface area contributed by atoms with E-state index in [9.17, 15) is 13.2 Å². The molecule has 2 aliphatic rings. The van der Waals surface area contributed by atoms with Crippen molar-refractivity contribution >= 4 is 29.5 Å². The molecule has 30 heavy (non-hydrogen) atoms. The molecule has 1 atom stereocenters. The van der Waals surface area contributed by atoms with Crippen LogP contribution in [0.2, 0.25) is 0 Å². The zero-order chi connectivity index (χ0) is 21.5. The monoisotopic (exact) mass is 434 g/mol. The molecule has 0 spiro atoms. The summed E-state index contributed by atoms with van der Waals surface area (Å²) >= 11 is 1.49. The number of anilines is 2. The maximum atomic E-state index is 12.8. The summed E-state index contributed by atoms with van der Waals surface area (Å²) in [5.41, 5.74) is 8.03. The number of fused-ring (bicyclic) bond motifs is 1. The van der Waals surface area contributed by atoms with Gasteiger partial charge in [-0.3, -0.25) is 4.57 Å². The number of halogens is 3. The first-order valence-electron chi connectivity index (χ1n) is 9.47. The number of rotatable bonds is 4. The van der Waals surface area contributed by atoms with E-state index in [1.807, 2.05) is 16.9 Å². The van der Waals surface area contributed by atoms with Crippen molar-refractivity contribution in [1.82, 2.24) is 19.5 Å². The Labute approximate surface area is 176 Å². The Morgan fingerprint density at radius 1 is 1.20 bits per heavy atom. The van der Waals surface area contributed by atoms with E-state index in [2.05, 4.69) is 33.3 Å². The Bertz CT molecular complexity index is 1070. The molecule has 4 rings (SSSR count). The van der Waals surface area contributed by atoms with Gasteiger partial charge in [0.15, 0.2) is 5.16 Å². The molecule has 2 aromatic heterocycles. The molecule has 0 saturated heterocycles. The number of alkyl halides is 3. The summed E-state index contributed by atoms with van der Waals surface area (Å²) < 4.78 is 40.4. The highest BCUT2D eigenvalue weighted by molar-refractivity contribution is 7.98. The lowest BCUT2D eigenvalue weighted by molar-refractivity contribution is -0.0941. The molecule has 0 aliphatic heterocycles. The number of allylic oxidation sites excluding steroid dienone is 5. The van der Waals surface area contributed by atoms with Crippen LogP contribution in [0.5, 0.6) is 0 Å². The number of aromatic nitrogens is 4. The summed E-state index contributed by atoms with van der Waals surface area (Å²) in [5.74, 6) is 1.45. The maximum Gasteiger partial charge on any atom is 0.412 e. The molecule has 158 valence electrons. The molecule has 0 fully saturated rings. The van der Waals surface area contributed by atoms with Gasteiger partial charge in [-0.2, -0.15) is 23.1 Å². The lowest BCUT2D eigenvalue weighted by Gasteiger charge is -2.19. The van der Waals surface area contributed by atoms with Crippen molar-refractivity contribution in [3.63, 3.8) is 0 Å². The first kappa shape index (κ1) is 20.5. The SMILES string of the molecule is CSc1nc2c(n1-c1nc(N)cc(NC3=CC=C(C(F)(F)F)CC3)n1)CC(C)C=C2. The number of hydrogen-bond donors (Lipinski definition) is 2. The summed E-state index contributed by atoms with van der Waals surface area (Å²) in [4.78, 5) is 13.6. The Hall–Kier alpha value is -2.75. The van der Waals surface area contributed by atoms with Gasteiger partial charge >= 0.3 is 6.18 Å². The second-order valence-electron chi connectivity index (χ2n) is 7.29. The standard InChI is InChI=1S/C20H21F3N6S/c1-11-3-8-14-15(9-11)29(19(26-14)30-2)18-27-16(24)10-17(28-18)25-13-6-4-12(5-7-13)20(21,22)23/h3-4,6,8,10-11H,5,7,9H2,1-2H3,(H3,24,25,27,28). The molecule has 0 radical (unpaired) electrons. The summed E-state index contributed by atoms with van der Waals surface area (Å²) in [6, 6.07) is 1.57. The minimum atomic E-state index is -4.30. The third kappa shape index (κ3) is 4.09. The van der Waals surface area contributed by atoms with Crippen molar-refractivity contribution < 1.29 is 13.2 Å². The highest BCUT2D eigenvalue weighted by atomic mass is 32.2. The van der Waals surface area contributed by atoms with Crippen molar-refractivity contribution in [2.45, 2.75) is 37.5 Å². The molecule has 0 aromatic carbocycles. The molecule has 2 aromatic rings. The van der Waals surface area contributed by atoms with Crippen LogP contribution in [0.25, 0.3) is 12.0 Å². The van der Waals surface area contributed by atoms with Gasteiger partial charge in [0.1, 0.15) is 11.6 Å². The first-order chi connectivity index (χ1) is 14.2. The fraction of sp³-hybridized carbons (Fsp3) is 0.350. The van der Waals surface area contributed by atoms with Crippen molar-refractivity contribution in [2.24, 2.45) is 5.92 Å². The third-order valence-corrected chi connectivity index (χ3v) is 5.63. The van der Waals surface area contributed by atoms with E-state index in [0.29, 0.717) is 23.4 Å². The number of thioether (sulfide) groups is 1. The van der Waals surface area contributed by atoms with Crippen LogP contribution >= 0.6 is 11.8 Å². The average molecular weight is 434 g/mol. The van der Waals surface area contributed by atoms with Crippen molar-refractivity contribution in [2.75, 3.05) is 17.3 Å². The second-order valence-corrected chi connectivity index (χ2v) is 8.06. The van der Waals surface area contributed by atoms with E-state index < -0.39 is 11.7 Å². The summed E-state index contributed by atoms with van der Waals surface area (Å²) in [5, 5.41) is 3.84. The molecule has 6 nitrogen and oxygen atoms in total. The fourth-order valence-electron chi connectivity index (χ4n) is 3.51. The number of nitrogens with zero attached hydrogens (tertiary/aromatic N) is 4. The lowest BCUT2D eigenvalue weighted by atomic mass is 9.98. The first-order valence-corrected chi connectivity index (χ1v) is 10.7. The number of imidazole rings is 1. The fourth-order valence-corrected chi connectivity index (χ4v) is 4.07. The van der Waals surface area contributed by atoms with Crippen molar-refractivity contribution in [3.05, 3.63) is 47.0 Å². The van der Waals surface area contributed by atoms with Crippen molar-refractivity contribution in [3.8, 4) is 5.95 Å². The third-order valence-electron chi connectivity index (χ3n) is 4.99. The van der Waals surface area contributed by atoms with Crippen LogP contribution in [-0.4, -0.2) is 32.0 Å².